The maximum absolute atomic E-state index is 6.32. The number of halogens is 2. The molecule has 0 amide bonds. The molecular formula is C18H20Cl2O. The number of hydrogen-bond acceptors (Lipinski definition) is 1. The van der Waals surface area contributed by atoms with Gasteiger partial charge in [0, 0.05) is 17.2 Å². The lowest BCUT2D eigenvalue weighted by Gasteiger charge is -2.31. The summed E-state index contributed by atoms with van der Waals surface area (Å²) in [5, 5.41) is 0. The van der Waals surface area contributed by atoms with Gasteiger partial charge in [-0.1, -0.05) is 48.0 Å². The molecule has 0 unspecified atom stereocenters. The van der Waals surface area contributed by atoms with E-state index in [2.05, 4.69) is 25.1 Å². The van der Waals surface area contributed by atoms with Crippen molar-refractivity contribution in [2.24, 2.45) is 0 Å². The summed E-state index contributed by atoms with van der Waals surface area (Å²) in [5.74, 6) is 1.83. The Labute approximate surface area is 136 Å². The van der Waals surface area contributed by atoms with Gasteiger partial charge < -0.3 is 4.74 Å². The van der Waals surface area contributed by atoms with Gasteiger partial charge in [0.15, 0.2) is 0 Å². The van der Waals surface area contributed by atoms with Gasteiger partial charge in [-0.15, -0.1) is 23.2 Å². The maximum Gasteiger partial charge on any atom is 0.122 e. The smallest absolute Gasteiger partial charge is 0.122 e. The molecule has 0 saturated carbocycles. The second-order valence-electron chi connectivity index (χ2n) is 5.41. The first-order valence-electron chi connectivity index (χ1n) is 6.96. The third kappa shape index (κ3) is 3.53. The summed E-state index contributed by atoms with van der Waals surface area (Å²) in [7, 11) is 1.69. The van der Waals surface area contributed by atoms with Crippen LogP contribution in [0.15, 0.2) is 48.5 Å². The number of methoxy groups -OCH3 is 1. The zero-order valence-corrected chi connectivity index (χ0v) is 13.9. The van der Waals surface area contributed by atoms with Gasteiger partial charge in [-0.25, -0.2) is 0 Å². The first-order chi connectivity index (χ1) is 10.1. The largest absolute Gasteiger partial charge is 0.496 e. The summed E-state index contributed by atoms with van der Waals surface area (Å²) >= 11 is 12.6. The van der Waals surface area contributed by atoms with Gasteiger partial charge in [0.25, 0.3) is 0 Å². The van der Waals surface area contributed by atoms with Gasteiger partial charge in [-0.05, 0) is 30.5 Å². The molecule has 2 rings (SSSR count). The minimum absolute atomic E-state index is 0.286. The van der Waals surface area contributed by atoms with Crippen LogP contribution in [0.3, 0.4) is 0 Å². The maximum atomic E-state index is 6.32. The molecule has 0 spiro atoms. The Bertz CT molecular complexity index is 577. The number of rotatable bonds is 6. The number of hydrogen-bond donors (Lipinski definition) is 0. The van der Waals surface area contributed by atoms with Crippen molar-refractivity contribution >= 4 is 23.2 Å². The van der Waals surface area contributed by atoms with Gasteiger partial charge in [0.05, 0.1) is 7.11 Å². The first kappa shape index (κ1) is 16.2. The monoisotopic (exact) mass is 322 g/mol. The average Bonchev–Trinajstić information content (AvgIpc) is 2.54. The Morgan fingerprint density at radius 1 is 1.00 bits per heavy atom. The number of alkyl halides is 2. The van der Waals surface area contributed by atoms with E-state index in [1.54, 1.807) is 7.11 Å². The van der Waals surface area contributed by atoms with E-state index in [1.165, 1.54) is 11.1 Å². The third-order valence-electron chi connectivity index (χ3n) is 3.86. The van der Waals surface area contributed by atoms with Crippen LogP contribution in [0, 0.1) is 6.92 Å². The standard InChI is InChI=1S/C18H20Cl2O/c1-14-8-9-17(21-2)15(10-14)11-18(12-19,13-20)16-6-4-3-5-7-16/h3-10H,11-13H2,1-2H3. The normalized spacial score (nSPS) is 11.4. The Morgan fingerprint density at radius 3 is 2.24 bits per heavy atom. The van der Waals surface area contributed by atoms with Gasteiger partial charge in [0.2, 0.25) is 0 Å². The predicted octanol–water partition coefficient (Wildman–Crippen LogP) is 4.96. The highest BCUT2D eigenvalue weighted by Gasteiger charge is 2.32. The van der Waals surface area contributed by atoms with Crippen molar-refractivity contribution in [3.05, 3.63) is 65.2 Å². The van der Waals surface area contributed by atoms with Crippen molar-refractivity contribution in [2.45, 2.75) is 18.8 Å². The fourth-order valence-electron chi connectivity index (χ4n) is 2.59. The molecule has 0 bridgehead atoms. The Kier molecular flexibility index (Phi) is 5.55. The Morgan fingerprint density at radius 2 is 1.67 bits per heavy atom. The molecule has 0 aliphatic rings. The predicted molar refractivity (Wildman–Crippen MR) is 91.0 cm³/mol. The molecule has 21 heavy (non-hydrogen) atoms. The van der Waals surface area contributed by atoms with Gasteiger partial charge in [-0.3, -0.25) is 0 Å². The first-order valence-corrected chi connectivity index (χ1v) is 8.03. The van der Waals surface area contributed by atoms with E-state index in [4.69, 9.17) is 27.9 Å². The van der Waals surface area contributed by atoms with E-state index in [1.807, 2.05) is 30.3 Å². The molecule has 0 atom stereocenters. The van der Waals surface area contributed by atoms with E-state index < -0.39 is 0 Å². The lowest BCUT2D eigenvalue weighted by atomic mass is 9.78. The Hall–Kier alpha value is -1.18. The van der Waals surface area contributed by atoms with Crippen LogP contribution in [0.1, 0.15) is 16.7 Å². The van der Waals surface area contributed by atoms with Gasteiger partial charge in [-0.2, -0.15) is 0 Å². The van der Waals surface area contributed by atoms with Crippen LogP contribution in [0.4, 0.5) is 0 Å². The Balaban J connectivity index is 2.44. The van der Waals surface area contributed by atoms with Crippen molar-refractivity contribution < 1.29 is 4.74 Å². The molecule has 0 aromatic heterocycles. The van der Waals surface area contributed by atoms with Crippen molar-refractivity contribution in [3.8, 4) is 5.75 Å². The topological polar surface area (TPSA) is 9.23 Å². The van der Waals surface area contributed by atoms with Crippen LogP contribution in [0.25, 0.3) is 0 Å². The number of ether oxygens (including phenoxy) is 1. The average molecular weight is 323 g/mol. The summed E-state index contributed by atoms with van der Waals surface area (Å²) in [5.41, 5.74) is 3.23. The molecule has 0 radical (unpaired) electrons. The molecule has 0 saturated heterocycles. The van der Waals surface area contributed by atoms with E-state index in [0.29, 0.717) is 11.8 Å². The van der Waals surface area contributed by atoms with Crippen LogP contribution < -0.4 is 4.74 Å². The molecule has 0 aliphatic heterocycles. The van der Waals surface area contributed by atoms with Gasteiger partial charge in [0.1, 0.15) is 5.75 Å². The van der Waals surface area contributed by atoms with Crippen molar-refractivity contribution in [1.29, 1.82) is 0 Å². The number of aryl methyl sites for hydroxylation is 1. The summed E-state index contributed by atoms with van der Waals surface area (Å²) < 4.78 is 5.48. The molecule has 0 N–H and O–H groups in total. The van der Waals surface area contributed by atoms with Gasteiger partial charge >= 0.3 is 0 Å². The molecule has 0 fully saturated rings. The van der Waals surface area contributed by atoms with E-state index in [9.17, 15) is 0 Å². The highest BCUT2D eigenvalue weighted by atomic mass is 35.5. The fourth-order valence-corrected chi connectivity index (χ4v) is 3.37. The zero-order valence-electron chi connectivity index (χ0n) is 12.4. The van der Waals surface area contributed by atoms with E-state index in [0.717, 1.165) is 17.7 Å². The second-order valence-corrected chi connectivity index (χ2v) is 5.94. The quantitative estimate of drug-likeness (QED) is 0.683. The summed E-state index contributed by atoms with van der Waals surface area (Å²) in [6.45, 7) is 2.08. The van der Waals surface area contributed by atoms with E-state index >= 15 is 0 Å². The highest BCUT2D eigenvalue weighted by Crippen LogP contribution is 2.34. The molecule has 2 aromatic carbocycles. The summed E-state index contributed by atoms with van der Waals surface area (Å²) in [6, 6.07) is 16.4. The van der Waals surface area contributed by atoms with Crippen molar-refractivity contribution in [1.82, 2.24) is 0 Å². The van der Waals surface area contributed by atoms with Crippen LogP contribution >= 0.6 is 23.2 Å². The van der Waals surface area contributed by atoms with Crippen LogP contribution in [-0.2, 0) is 11.8 Å². The van der Waals surface area contributed by atoms with Crippen LogP contribution in [0.5, 0.6) is 5.75 Å². The highest BCUT2D eigenvalue weighted by molar-refractivity contribution is 6.22. The lowest BCUT2D eigenvalue weighted by molar-refractivity contribution is 0.403. The molecule has 0 aliphatic carbocycles. The molecule has 3 heteroatoms. The number of benzene rings is 2. The van der Waals surface area contributed by atoms with Crippen molar-refractivity contribution in [2.75, 3.05) is 18.9 Å². The van der Waals surface area contributed by atoms with Crippen molar-refractivity contribution in [3.63, 3.8) is 0 Å². The lowest BCUT2D eigenvalue weighted by Crippen LogP contribution is -2.33. The third-order valence-corrected chi connectivity index (χ3v) is 4.89. The SMILES string of the molecule is COc1ccc(C)cc1CC(CCl)(CCl)c1ccccc1. The minimum atomic E-state index is -0.286. The van der Waals surface area contributed by atoms with Crippen LogP contribution in [-0.4, -0.2) is 18.9 Å². The van der Waals surface area contributed by atoms with Crippen LogP contribution in [0.2, 0.25) is 0 Å². The summed E-state index contributed by atoms with van der Waals surface area (Å²) in [6.07, 6.45) is 0.759. The minimum Gasteiger partial charge on any atom is -0.496 e. The molecule has 2 aromatic rings. The zero-order chi connectivity index (χ0) is 15.3. The summed E-state index contributed by atoms with van der Waals surface area (Å²) in [4.78, 5) is 0. The molecular weight excluding hydrogens is 303 g/mol. The second kappa shape index (κ2) is 7.20. The molecule has 1 nitrogen and oxygen atoms in total. The van der Waals surface area contributed by atoms with E-state index in [-0.39, 0.29) is 5.41 Å². The molecule has 112 valence electrons. The molecule has 0 heterocycles. The fraction of sp³-hybridized carbons (Fsp3) is 0.333.